The standard InChI is InChI=1S/C20H21FN4O/c1-14-6-4-7-15(12-14)20-23-18(26-24-20)13-22-19-16(21)8-5-9-17(19)25-10-2-3-11-25/h4-9,12,22H,2-3,10-11,13H2,1H3. The average molecular weight is 352 g/mol. The van der Waals surface area contributed by atoms with Gasteiger partial charge in [-0.05, 0) is 38.0 Å². The van der Waals surface area contributed by atoms with E-state index in [2.05, 4.69) is 20.4 Å². The van der Waals surface area contributed by atoms with Crippen LogP contribution in [0, 0.1) is 12.7 Å². The van der Waals surface area contributed by atoms with Crippen LogP contribution >= 0.6 is 0 Å². The van der Waals surface area contributed by atoms with Crippen molar-refractivity contribution in [1.29, 1.82) is 0 Å². The Kier molecular flexibility index (Phi) is 4.56. The van der Waals surface area contributed by atoms with Crippen molar-refractivity contribution in [2.75, 3.05) is 23.3 Å². The Balaban J connectivity index is 1.51. The number of hydrogen-bond donors (Lipinski definition) is 1. The Hall–Kier alpha value is -2.89. The van der Waals surface area contributed by atoms with Crippen LogP contribution in [0.25, 0.3) is 11.4 Å². The summed E-state index contributed by atoms with van der Waals surface area (Å²) in [5.74, 6) is 0.698. The Bertz CT molecular complexity index is 902. The fourth-order valence-corrected chi connectivity index (χ4v) is 3.30. The molecule has 4 rings (SSSR count). The van der Waals surface area contributed by atoms with Crippen molar-refractivity contribution in [2.45, 2.75) is 26.3 Å². The molecule has 134 valence electrons. The summed E-state index contributed by atoms with van der Waals surface area (Å²) in [4.78, 5) is 6.62. The van der Waals surface area contributed by atoms with Crippen LogP contribution in [0.4, 0.5) is 15.8 Å². The average Bonchev–Trinajstić information content (AvgIpc) is 3.33. The molecule has 1 aromatic heterocycles. The molecule has 0 atom stereocenters. The number of benzene rings is 2. The summed E-state index contributed by atoms with van der Waals surface area (Å²) >= 11 is 0. The molecule has 3 aromatic rings. The molecule has 2 heterocycles. The minimum absolute atomic E-state index is 0.271. The largest absolute Gasteiger partial charge is 0.372 e. The Morgan fingerprint density at radius 2 is 1.96 bits per heavy atom. The van der Waals surface area contributed by atoms with Crippen LogP contribution in [-0.4, -0.2) is 23.2 Å². The first kappa shape index (κ1) is 16.6. The highest BCUT2D eigenvalue weighted by atomic mass is 19.1. The zero-order valence-electron chi connectivity index (χ0n) is 14.7. The number of hydrogen-bond acceptors (Lipinski definition) is 5. The van der Waals surface area contributed by atoms with Crippen LogP contribution in [0.1, 0.15) is 24.3 Å². The highest BCUT2D eigenvalue weighted by Crippen LogP contribution is 2.31. The third-order valence-corrected chi connectivity index (χ3v) is 4.60. The molecule has 0 amide bonds. The second-order valence-corrected chi connectivity index (χ2v) is 6.56. The number of nitrogens with zero attached hydrogens (tertiary/aromatic N) is 3. The molecule has 1 fully saturated rings. The Morgan fingerprint density at radius 1 is 1.15 bits per heavy atom. The molecule has 2 aromatic carbocycles. The first-order chi connectivity index (χ1) is 12.7. The molecule has 0 unspecified atom stereocenters. The minimum Gasteiger partial charge on any atom is -0.372 e. The van der Waals surface area contributed by atoms with Gasteiger partial charge in [0.25, 0.3) is 0 Å². The molecule has 5 nitrogen and oxygen atoms in total. The van der Waals surface area contributed by atoms with Gasteiger partial charge in [0.2, 0.25) is 11.7 Å². The monoisotopic (exact) mass is 352 g/mol. The van der Waals surface area contributed by atoms with Crippen molar-refractivity contribution < 1.29 is 8.91 Å². The van der Waals surface area contributed by atoms with Crippen molar-refractivity contribution in [2.24, 2.45) is 0 Å². The number of nitrogens with one attached hydrogen (secondary N) is 1. The van der Waals surface area contributed by atoms with Gasteiger partial charge >= 0.3 is 0 Å². The van der Waals surface area contributed by atoms with Crippen LogP contribution in [0.5, 0.6) is 0 Å². The maximum absolute atomic E-state index is 14.4. The van der Waals surface area contributed by atoms with E-state index in [1.54, 1.807) is 6.07 Å². The third kappa shape index (κ3) is 3.40. The van der Waals surface area contributed by atoms with E-state index >= 15 is 0 Å². The molecule has 1 aliphatic heterocycles. The molecule has 0 spiro atoms. The summed E-state index contributed by atoms with van der Waals surface area (Å²) in [7, 11) is 0. The molecule has 0 bridgehead atoms. The lowest BCUT2D eigenvalue weighted by atomic mass is 10.1. The van der Waals surface area contributed by atoms with Gasteiger partial charge in [0, 0.05) is 18.7 Å². The van der Waals surface area contributed by atoms with E-state index in [0.717, 1.165) is 42.7 Å². The maximum atomic E-state index is 14.4. The molecular formula is C20H21FN4O. The number of halogens is 1. The fraction of sp³-hybridized carbons (Fsp3) is 0.300. The van der Waals surface area contributed by atoms with E-state index in [9.17, 15) is 4.39 Å². The predicted octanol–water partition coefficient (Wildman–Crippen LogP) is 4.40. The van der Waals surface area contributed by atoms with Gasteiger partial charge in [-0.25, -0.2) is 4.39 Å². The third-order valence-electron chi connectivity index (χ3n) is 4.60. The van der Waals surface area contributed by atoms with E-state index < -0.39 is 0 Å². The van der Waals surface area contributed by atoms with Gasteiger partial charge in [-0.15, -0.1) is 0 Å². The lowest BCUT2D eigenvalue weighted by Gasteiger charge is -2.22. The quantitative estimate of drug-likeness (QED) is 0.738. The Labute approximate surface area is 151 Å². The molecule has 0 saturated carbocycles. The fourth-order valence-electron chi connectivity index (χ4n) is 3.30. The van der Waals surface area contributed by atoms with Crippen molar-refractivity contribution in [1.82, 2.24) is 10.1 Å². The van der Waals surface area contributed by atoms with Crippen molar-refractivity contribution in [3.8, 4) is 11.4 Å². The highest BCUT2D eigenvalue weighted by Gasteiger charge is 2.18. The van der Waals surface area contributed by atoms with Gasteiger partial charge in [-0.1, -0.05) is 35.0 Å². The van der Waals surface area contributed by atoms with Crippen molar-refractivity contribution in [3.63, 3.8) is 0 Å². The number of para-hydroxylation sites is 1. The molecule has 26 heavy (non-hydrogen) atoms. The van der Waals surface area contributed by atoms with Crippen molar-refractivity contribution in [3.05, 3.63) is 59.7 Å². The van der Waals surface area contributed by atoms with Crippen LogP contribution < -0.4 is 10.2 Å². The summed E-state index contributed by atoms with van der Waals surface area (Å²) in [6.07, 6.45) is 2.28. The van der Waals surface area contributed by atoms with Crippen LogP contribution in [0.2, 0.25) is 0 Å². The van der Waals surface area contributed by atoms with E-state index in [4.69, 9.17) is 4.52 Å². The maximum Gasteiger partial charge on any atom is 0.246 e. The van der Waals surface area contributed by atoms with Gasteiger partial charge in [0.1, 0.15) is 5.82 Å². The van der Waals surface area contributed by atoms with Crippen molar-refractivity contribution >= 4 is 11.4 Å². The molecule has 6 heteroatoms. The summed E-state index contributed by atoms with van der Waals surface area (Å²) in [5.41, 5.74) is 3.42. The zero-order chi connectivity index (χ0) is 17.9. The normalized spacial score (nSPS) is 14.0. The van der Waals surface area contributed by atoms with Gasteiger partial charge in [-0.3, -0.25) is 0 Å². The number of anilines is 2. The second-order valence-electron chi connectivity index (χ2n) is 6.56. The lowest BCUT2D eigenvalue weighted by Crippen LogP contribution is -2.20. The molecule has 0 radical (unpaired) electrons. The SMILES string of the molecule is Cc1cccc(-c2noc(CNc3c(F)cccc3N3CCCC3)n2)c1. The molecule has 1 N–H and O–H groups in total. The highest BCUT2D eigenvalue weighted by molar-refractivity contribution is 5.71. The van der Waals surface area contributed by atoms with E-state index in [0.29, 0.717) is 17.4 Å². The molecular weight excluding hydrogens is 331 g/mol. The van der Waals surface area contributed by atoms with Gasteiger partial charge < -0.3 is 14.7 Å². The van der Waals surface area contributed by atoms with E-state index in [1.807, 2.05) is 37.3 Å². The summed E-state index contributed by atoms with van der Waals surface area (Å²) < 4.78 is 19.7. The van der Waals surface area contributed by atoms with E-state index in [1.165, 1.54) is 6.07 Å². The summed E-state index contributed by atoms with van der Waals surface area (Å²) in [5, 5.41) is 7.17. The molecule has 0 aliphatic carbocycles. The van der Waals surface area contributed by atoms with E-state index in [-0.39, 0.29) is 12.4 Å². The number of rotatable bonds is 5. The van der Waals surface area contributed by atoms with Crippen LogP contribution in [0.3, 0.4) is 0 Å². The van der Waals surface area contributed by atoms with Crippen LogP contribution in [-0.2, 0) is 6.54 Å². The number of aryl methyl sites for hydroxylation is 1. The zero-order valence-corrected chi connectivity index (χ0v) is 14.7. The second kappa shape index (κ2) is 7.15. The minimum atomic E-state index is -0.271. The Morgan fingerprint density at radius 3 is 2.77 bits per heavy atom. The summed E-state index contributed by atoms with van der Waals surface area (Å²) in [6.45, 7) is 4.21. The molecule has 1 aliphatic rings. The van der Waals surface area contributed by atoms with Gasteiger partial charge in [0.05, 0.1) is 17.9 Å². The first-order valence-electron chi connectivity index (χ1n) is 8.88. The predicted molar refractivity (Wildman–Crippen MR) is 99.6 cm³/mol. The smallest absolute Gasteiger partial charge is 0.246 e. The number of aromatic nitrogens is 2. The summed E-state index contributed by atoms with van der Waals surface area (Å²) in [6, 6.07) is 13.1. The lowest BCUT2D eigenvalue weighted by molar-refractivity contribution is 0.384. The van der Waals surface area contributed by atoms with Gasteiger partial charge in [0.15, 0.2) is 0 Å². The van der Waals surface area contributed by atoms with Crippen LogP contribution in [0.15, 0.2) is 47.0 Å². The topological polar surface area (TPSA) is 54.2 Å². The first-order valence-corrected chi connectivity index (χ1v) is 8.88. The molecule has 1 saturated heterocycles. The van der Waals surface area contributed by atoms with Gasteiger partial charge in [-0.2, -0.15) is 4.98 Å².